The molecule has 5 nitrogen and oxygen atoms in total. The summed E-state index contributed by atoms with van der Waals surface area (Å²) in [5, 5.41) is 3.14. The Morgan fingerprint density at radius 1 is 1.31 bits per heavy atom. The molecule has 0 saturated carbocycles. The lowest BCUT2D eigenvalue weighted by atomic mass is 9.97. The molecule has 0 unspecified atom stereocenters. The maximum Gasteiger partial charge on any atom is 0.255 e. The van der Waals surface area contributed by atoms with Crippen molar-refractivity contribution in [2.24, 2.45) is 5.92 Å². The molecule has 0 spiro atoms. The molecule has 6 heteroatoms. The lowest BCUT2D eigenvalue weighted by Gasteiger charge is -2.37. The van der Waals surface area contributed by atoms with Crippen molar-refractivity contribution in [2.75, 3.05) is 26.0 Å². The molecule has 1 aromatic carbocycles. The van der Waals surface area contributed by atoms with E-state index < -0.39 is 6.04 Å². The maximum atomic E-state index is 13.0. The van der Waals surface area contributed by atoms with Gasteiger partial charge in [-0.1, -0.05) is 32.0 Å². The fourth-order valence-electron chi connectivity index (χ4n) is 3.85. The highest BCUT2D eigenvalue weighted by Gasteiger charge is 2.39. The number of rotatable bonds is 6. The Morgan fingerprint density at radius 3 is 2.62 bits per heavy atom. The summed E-state index contributed by atoms with van der Waals surface area (Å²) in [6.07, 6.45) is 3.97. The first kappa shape index (κ1) is 19.2. The van der Waals surface area contributed by atoms with Crippen molar-refractivity contribution in [1.29, 1.82) is 0 Å². The molecule has 1 atom stereocenters. The number of carbonyl (C=O) groups is 2. The van der Waals surface area contributed by atoms with Gasteiger partial charge in [-0.15, -0.1) is 0 Å². The van der Waals surface area contributed by atoms with Crippen molar-refractivity contribution in [3.63, 3.8) is 0 Å². The molecule has 1 fully saturated rings. The van der Waals surface area contributed by atoms with E-state index in [-0.39, 0.29) is 22.5 Å². The third-order valence-electron chi connectivity index (χ3n) is 5.51. The Labute approximate surface area is 159 Å². The highest BCUT2D eigenvalue weighted by molar-refractivity contribution is 8.00. The predicted octanol–water partition coefficient (Wildman–Crippen LogP) is 2.70. The van der Waals surface area contributed by atoms with Crippen LogP contribution in [0.3, 0.4) is 0 Å². The summed E-state index contributed by atoms with van der Waals surface area (Å²) < 4.78 is 5.51. The molecule has 2 aliphatic rings. The molecule has 26 heavy (non-hydrogen) atoms. The Bertz CT molecular complexity index is 671. The second-order valence-electron chi connectivity index (χ2n) is 7.50. The minimum absolute atomic E-state index is 0.0351. The second kappa shape index (κ2) is 8.01. The second-order valence-corrected chi connectivity index (χ2v) is 8.77. The Kier molecular flexibility index (Phi) is 5.92. The van der Waals surface area contributed by atoms with Crippen LogP contribution < -0.4 is 5.32 Å². The number of nitrogens with zero attached hydrogens (tertiary/aromatic N) is 1. The summed E-state index contributed by atoms with van der Waals surface area (Å²) in [6, 6.07) is 7.17. The van der Waals surface area contributed by atoms with Gasteiger partial charge in [0.25, 0.3) is 5.91 Å². The number of ether oxygens (including phenoxy) is 1. The van der Waals surface area contributed by atoms with Crippen LogP contribution in [-0.2, 0) is 16.1 Å². The van der Waals surface area contributed by atoms with E-state index in [1.165, 1.54) is 0 Å². The van der Waals surface area contributed by atoms with E-state index in [0.717, 1.165) is 37.2 Å². The van der Waals surface area contributed by atoms with Crippen LogP contribution in [0.4, 0.5) is 0 Å². The van der Waals surface area contributed by atoms with Crippen LogP contribution in [0.2, 0.25) is 0 Å². The molecule has 0 bridgehead atoms. The predicted molar refractivity (Wildman–Crippen MR) is 104 cm³/mol. The summed E-state index contributed by atoms with van der Waals surface area (Å²) in [5.41, 5.74) is 1.72. The smallest absolute Gasteiger partial charge is 0.255 e. The average Bonchev–Trinajstić information content (AvgIpc) is 2.97. The van der Waals surface area contributed by atoms with Crippen LogP contribution in [0, 0.1) is 5.92 Å². The quantitative estimate of drug-likeness (QED) is 0.829. The monoisotopic (exact) mass is 376 g/mol. The SMILES string of the molecule is CSC1(CNC(=O)[C@H](C(C)C)N2Cc3ccccc3C2=O)CCOCC1. The van der Waals surface area contributed by atoms with Crippen molar-refractivity contribution in [1.82, 2.24) is 10.2 Å². The fourth-order valence-corrected chi connectivity index (χ4v) is 4.65. The van der Waals surface area contributed by atoms with Gasteiger partial charge in [-0.2, -0.15) is 11.8 Å². The van der Waals surface area contributed by atoms with Crippen LogP contribution in [0.1, 0.15) is 42.6 Å². The molecule has 2 amide bonds. The third-order valence-corrected chi connectivity index (χ3v) is 6.93. The van der Waals surface area contributed by atoms with Crippen LogP contribution in [0.25, 0.3) is 0 Å². The maximum absolute atomic E-state index is 13.0. The van der Waals surface area contributed by atoms with Gasteiger partial charge >= 0.3 is 0 Å². The third kappa shape index (κ3) is 3.76. The summed E-state index contributed by atoms with van der Waals surface area (Å²) in [6.45, 7) is 6.61. The number of fused-ring (bicyclic) bond motifs is 1. The number of amides is 2. The van der Waals surface area contributed by atoms with Gasteiger partial charge < -0.3 is 15.0 Å². The van der Waals surface area contributed by atoms with Crippen LogP contribution in [-0.4, -0.2) is 53.5 Å². The van der Waals surface area contributed by atoms with Gasteiger partial charge in [-0.05, 0) is 36.6 Å². The van der Waals surface area contributed by atoms with Gasteiger partial charge in [0.1, 0.15) is 6.04 Å². The zero-order chi connectivity index (χ0) is 18.7. The van der Waals surface area contributed by atoms with Gasteiger partial charge in [0, 0.05) is 36.6 Å². The van der Waals surface area contributed by atoms with E-state index in [0.29, 0.717) is 13.1 Å². The zero-order valence-corrected chi connectivity index (χ0v) is 16.6. The molecule has 1 N–H and O–H groups in total. The first-order valence-corrected chi connectivity index (χ1v) is 10.5. The van der Waals surface area contributed by atoms with E-state index in [1.54, 1.807) is 16.7 Å². The average molecular weight is 377 g/mol. The summed E-state index contributed by atoms with van der Waals surface area (Å²) >= 11 is 1.80. The Hall–Kier alpha value is -1.53. The molecule has 0 aliphatic carbocycles. The fraction of sp³-hybridized carbons (Fsp3) is 0.600. The first-order chi connectivity index (χ1) is 12.5. The molecule has 1 saturated heterocycles. The van der Waals surface area contributed by atoms with Crippen LogP contribution >= 0.6 is 11.8 Å². The standard InChI is InChI=1S/C20H28N2O3S/c1-14(2)17(22-12-15-6-4-5-7-16(15)19(22)24)18(23)21-13-20(26-3)8-10-25-11-9-20/h4-7,14,17H,8-13H2,1-3H3,(H,21,23)/t17-/m0/s1. The molecule has 3 rings (SSSR count). The van der Waals surface area contributed by atoms with Crippen molar-refractivity contribution >= 4 is 23.6 Å². The van der Waals surface area contributed by atoms with Crippen molar-refractivity contribution < 1.29 is 14.3 Å². The van der Waals surface area contributed by atoms with Gasteiger partial charge in [-0.25, -0.2) is 0 Å². The van der Waals surface area contributed by atoms with E-state index in [1.807, 2.05) is 38.1 Å². The van der Waals surface area contributed by atoms with E-state index >= 15 is 0 Å². The van der Waals surface area contributed by atoms with Crippen LogP contribution in [0.5, 0.6) is 0 Å². The number of benzene rings is 1. The minimum atomic E-state index is -0.450. The highest BCUT2D eigenvalue weighted by Crippen LogP contribution is 2.33. The molecular formula is C20H28N2O3S. The van der Waals surface area contributed by atoms with Gasteiger partial charge in [0.15, 0.2) is 0 Å². The van der Waals surface area contributed by atoms with Crippen molar-refractivity contribution in [2.45, 2.75) is 44.0 Å². The molecule has 2 aliphatic heterocycles. The lowest BCUT2D eigenvalue weighted by molar-refractivity contribution is -0.127. The van der Waals surface area contributed by atoms with E-state index in [2.05, 4.69) is 11.6 Å². The molecule has 0 aromatic heterocycles. The number of thioether (sulfide) groups is 1. The summed E-state index contributed by atoms with van der Waals surface area (Å²) in [4.78, 5) is 27.5. The summed E-state index contributed by atoms with van der Waals surface area (Å²) in [7, 11) is 0. The number of carbonyl (C=O) groups excluding carboxylic acids is 2. The lowest BCUT2D eigenvalue weighted by Crippen LogP contribution is -2.53. The van der Waals surface area contributed by atoms with Crippen molar-refractivity contribution in [3.8, 4) is 0 Å². The minimum Gasteiger partial charge on any atom is -0.381 e. The highest BCUT2D eigenvalue weighted by atomic mass is 32.2. The number of hydrogen-bond donors (Lipinski definition) is 1. The molecule has 142 valence electrons. The van der Waals surface area contributed by atoms with Crippen LogP contribution in [0.15, 0.2) is 24.3 Å². The van der Waals surface area contributed by atoms with Gasteiger partial charge in [0.05, 0.1) is 0 Å². The molecule has 0 radical (unpaired) electrons. The number of hydrogen-bond acceptors (Lipinski definition) is 4. The normalized spacial score (nSPS) is 20.2. The molecular weight excluding hydrogens is 348 g/mol. The first-order valence-electron chi connectivity index (χ1n) is 9.27. The summed E-state index contributed by atoms with van der Waals surface area (Å²) in [5.74, 6) is -0.0469. The van der Waals surface area contributed by atoms with E-state index in [4.69, 9.17) is 4.74 Å². The largest absolute Gasteiger partial charge is 0.381 e. The Morgan fingerprint density at radius 2 is 2.00 bits per heavy atom. The number of nitrogens with one attached hydrogen (secondary N) is 1. The van der Waals surface area contributed by atoms with Crippen molar-refractivity contribution in [3.05, 3.63) is 35.4 Å². The topological polar surface area (TPSA) is 58.6 Å². The zero-order valence-electron chi connectivity index (χ0n) is 15.8. The molecule has 1 aromatic rings. The van der Waals surface area contributed by atoms with E-state index in [9.17, 15) is 9.59 Å². The van der Waals surface area contributed by atoms with Gasteiger partial charge in [0.2, 0.25) is 5.91 Å². The Balaban J connectivity index is 1.70. The van der Waals surface area contributed by atoms with Gasteiger partial charge in [-0.3, -0.25) is 9.59 Å². The molecule has 2 heterocycles.